The molecular formula is C19H28N2O2. The fourth-order valence-electron chi connectivity index (χ4n) is 3.22. The molecule has 2 rings (SSSR count). The number of amides is 1. The zero-order chi connectivity index (χ0) is 17.0. The highest BCUT2D eigenvalue weighted by molar-refractivity contribution is 5.99. The molecule has 0 radical (unpaired) electrons. The highest BCUT2D eigenvalue weighted by Crippen LogP contribution is 2.20. The number of nitrogens with two attached hydrogens (primary N) is 1. The van der Waals surface area contributed by atoms with Crippen LogP contribution in [0, 0.1) is 19.8 Å². The third kappa shape index (κ3) is 4.64. The van der Waals surface area contributed by atoms with Crippen molar-refractivity contribution in [1.29, 1.82) is 0 Å². The number of hydrogen-bond donors (Lipinski definition) is 1. The van der Waals surface area contributed by atoms with Crippen molar-refractivity contribution in [1.82, 2.24) is 4.90 Å². The number of piperidine rings is 1. The standard InChI is InChI=1S/C19H28N2O2/c1-13-6-7-14(2)17(11-13)18(22)8-9-19(23)21-10-4-5-16(12-21)15(3)20/h6-7,11,15-16H,4-5,8-10,12,20H2,1-3H3. The lowest BCUT2D eigenvalue weighted by atomic mass is 9.92. The van der Waals surface area contributed by atoms with Crippen LogP contribution < -0.4 is 5.73 Å². The molecule has 1 amide bonds. The summed E-state index contributed by atoms with van der Waals surface area (Å²) in [6.45, 7) is 7.44. The van der Waals surface area contributed by atoms with Gasteiger partial charge in [0.05, 0.1) is 0 Å². The van der Waals surface area contributed by atoms with Crippen LogP contribution in [0.1, 0.15) is 54.1 Å². The fourth-order valence-corrected chi connectivity index (χ4v) is 3.22. The van der Waals surface area contributed by atoms with Crippen LogP contribution in [0.15, 0.2) is 18.2 Å². The van der Waals surface area contributed by atoms with E-state index in [1.807, 2.05) is 43.9 Å². The van der Waals surface area contributed by atoms with E-state index in [1.54, 1.807) is 0 Å². The number of rotatable bonds is 5. The second-order valence-electron chi connectivity index (χ2n) is 6.84. The molecule has 1 heterocycles. The van der Waals surface area contributed by atoms with Crippen molar-refractivity contribution in [3.63, 3.8) is 0 Å². The van der Waals surface area contributed by atoms with E-state index in [2.05, 4.69) is 0 Å². The molecule has 1 aliphatic rings. The summed E-state index contributed by atoms with van der Waals surface area (Å²) in [5.74, 6) is 0.511. The van der Waals surface area contributed by atoms with E-state index in [4.69, 9.17) is 5.73 Å². The van der Waals surface area contributed by atoms with Gasteiger partial charge in [0.2, 0.25) is 5.91 Å². The first-order valence-corrected chi connectivity index (χ1v) is 8.52. The number of nitrogens with zero attached hydrogens (tertiary/aromatic N) is 1. The highest BCUT2D eigenvalue weighted by Gasteiger charge is 2.26. The molecule has 1 fully saturated rings. The first kappa shape index (κ1) is 17.7. The van der Waals surface area contributed by atoms with Crippen LogP contribution in [0.2, 0.25) is 0 Å². The number of carbonyl (C=O) groups excluding carboxylic acids is 2. The minimum absolute atomic E-state index is 0.0558. The van der Waals surface area contributed by atoms with Gasteiger partial charge < -0.3 is 10.6 Å². The van der Waals surface area contributed by atoms with Gasteiger partial charge >= 0.3 is 0 Å². The summed E-state index contributed by atoms with van der Waals surface area (Å²) in [6, 6.07) is 5.98. The van der Waals surface area contributed by atoms with Gasteiger partial charge in [-0.1, -0.05) is 17.7 Å². The Bertz CT molecular complexity index is 581. The van der Waals surface area contributed by atoms with Crippen molar-refractivity contribution < 1.29 is 9.59 Å². The van der Waals surface area contributed by atoms with Crippen LogP contribution in [0.4, 0.5) is 0 Å². The number of Topliss-reactive ketones (excluding diaryl/α,β-unsaturated/α-hetero) is 1. The normalized spacial score (nSPS) is 19.5. The Labute approximate surface area is 139 Å². The summed E-state index contributed by atoms with van der Waals surface area (Å²) < 4.78 is 0. The third-order valence-corrected chi connectivity index (χ3v) is 4.81. The Morgan fingerprint density at radius 3 is 2.74 bits per heavy atom. The molecule has 2 atom stereocenters. The minimum Gasteiger partial charge on any atom is -0.342 e. The maximum Gasteiger partial charge on any atom is 0.223 e. The molecule has 0 saturated carbocycles. The van der Waals surface area contributed by atoms with E-state index in [9.17, 15) is 9.59 Å². The highest BCUT2D eigenvalue weighted by atomic mass is 16.2. The van der Waals surface area contributed by atoms with Crippen molar-refractivity contribution >= 4 is 11.7 Å². The Morgan fingerprint density at radius 2 is 2.04 bits per heavy atom. The van der Waals surface area contributed by atoms with Crippen molar-refractivity contribution in [3.8, 4) is 0 Å². The second-order valence-corrected chi connectivity index (χ2v) is 6.84. The Morgan fingerprint density at radius 1 is 1.30 bits per heavy atom. The van der Waals surface area contributed by atoms with Gasteiger partial charge in [0, 0.05) is 37.5 Å². The SMILES string of the molecule is Cc1ccc(C)c(C(=O)CCC(=O)N2CCCC(C(C)N)C2)c1. The molecule has 126 valence electrons. The number of likely N-dealkylation sites (tertiary alicyclic amines) is 1. The largest absolute Gasteiger partial charge is 0.342 e. The van der Waals surface area contributed by atoms with Crippen LogP contribution in [-0.4, -0.2) is 35.7 Å². The van der Waals surface area contributed by atoms with E-state index in [-0.39, 0.29) is 30.6 Å². The molecule has 1 aromatic carbocycles. The third-order valence-electron chi connectivity index (χ3n) is 4.81. The molecule has 2 unspecified atom stereocenters. The Kier molecular flexibility index (Phi) is 5.94. The average Bonchev–Trinajstić information content (AvgIpc) is 2.54. The number of aryl methyl sites for hydroxylation is 2. The molecule has 1 aliphatic heterocycles. The van der Waals surface area contributed by atoms with E-state index >= 15 is 0 Å². The number of hydrogen-bond acceptors (Lipinski definition) is 3. The lowest BCUT2D eigenvalue weighted by Crippen LogP contribution is -2.45. The van der Waals surface area contributed by atoms with Crippen LogP contribution >= 0.6 is 0 Å². The van der Waals surface area contributed by atoms with Crippen molar-refractivity contribution in [2.45, 2.75) is 52.5 Å². The summed E-state index contributed by atoms with van der Waals surface area (Å²) in [5.41, 5.74) is 8.75. The van der Waals surface area contributed by atoms with Crippen LogP contribution in [0.25, 0.3) is 0 Å². The Hall–Kier alpha value is -1.68. The van der Waals surface area contributed by atoms with Crippen molar-refractivity contribution in [3.05, 3.63) is 34.9 Å². The van der Waals surface area contributed by atoms with Gasteiger partial charge in [-0.05, 0) is 51.2 Å². The summed E-state index contributed by atoms with van der Waals surface area (Å²) in [4.78, 5) is 26.7. The molecule has 1 saturated heterocycles. The summed E-state index contributed by atoms with van der Waals surface area (Å²) in [7, 11) is 0. The lowest BCUT2D eigenvalue weighted by Gasteiger charge is -2.34. The monoisotopic (exact) mass is 316 g/mol. The molecule has 4 heteroatoms. The maximum atomic E-state index is 12.4. The van der Waals surface area contributed by atoms with E-state index in [0.29, 0.717) is 5.92 Å². The number of carbonyl (C=O) groups is 2. The molecule has 2 N–H and O–H groups in total. The van der Waals surface area contributed by atoms with E-state index in [1.165, 1.54) is 0 Å². The van der Waals surface area contributed by atoms with E-state index < -0.39 is 0 Å². The molecular weight excluding hydrogens is 288 g/mol. The predicted molar refractivity (Wildman–Crippen MR) is 92.4 cm³/mol. The quantitative estimate of drug-likeness (QED) is 0.850. The van der Waals surface area contributed by atoms with Crippen molar-refractivity contribution in [2.24, 2.45) is 11.7 Å². The van der Waals surface area contributed by atoms with Crippen LogP contribution in [0.5, 0.6) is 0 Å². The molecule has 0 bridgehead atoms. The zero-order valence-corrected chi connectivity index (χ0v) is 14.5. The molecule has 23 heavy (non-hydrogen) atoms. The molecule has 0 aromatic heterocycles. The van der Waals surface area contributed by atoms with Gasteiger partial charge in [0.1, 0.15) is 0 Å². The Balaban J connectivity index is 1.91. The first-order valence-electron chi connectivity index (χ1n) is 8.52. The number of benzene rings is 1. The van der Waals surface area contributed by atoms with Crippen molar-refractivity contribution in [2.75, 3.05) is 13.1 Å². The van der Waals surface area contributed by atoms with Gasteiger partial charge in [-0.3, -0.25) is 9.59 Å². The smallest absolute Gasteiger partial charge is 0.223 e. The summed E-state index contributed by atoms with van der Waals surface area (Å²) in [6.07, 6.45) is 2.66. The molecule has 0 aliphatic carbocycles. The molecule has 4 nitrogen and oxygen atoms in total. The fraction of sp³-hybridized carbons (Fsp3) is 0.579. The topological polar surface area (TPSA) is 63.4 Å². The zero-order valence-electron chi connectivity index (χ0n) is 14.5. The van der Waals surface area contributed by atoms with Gasteiger partial charge in [0.15, 0.2) is 5.78 Å². The molecule has 1 aromatic rings. The summed E-state index contributed by atoms with van der Waals surface area (Å²) in [5, 5.41) is 0. The molecule has 0 spiro atoms. The maximum absolute atomic E-state index is 12.4. The van der Waals surface area contributed by atoms with Crippen LogP contribution in [0.3, 0.4) is 0 Å². The van der Waals surface area contributed by atoms with Gasteiger partial charge in [-0.15, -0.1) is 0 Å². The lowest BCUT2D eigenvalue weighted by molar-refractivity contribution is -0.133. The minimum atomic E-state index is 0.0558. The first-order chi connectivity index (χ1) is 10.9. The average molecular weight is 316 g/mol. The van der Waals surface area contributed by atoms with Gasteiger partial charge in [0.25, 0.3) is 0 Å². The van der Waals surface area contributed by atoms with Crippen LogP contribution in [-0.2, 0) is 4.79 Å². The van der Waals surface area contributed by atoms with Gasteiger partial charge in [-0.2, -0.15) is 0 Å². The number of ketones is 1. The van der Waals surface area contributed by atoms with E-state index in [0.717, 1.165) is 42.6 Å². The predicted octanol–water partition coefficient (Wildman–Crippen LogP) is 2.85. The summed E-state index contributed by atoms with van der Waals surface area (Å²) >= 11 is 0. The second kappa shape index (κ2) is 7.73. The van der Waals surface area contributed by atoms with Gasteiger partial charge in [-0.25, -0.2) is 0 Å².